The van der Waals surface area contributed by atoms with Gasteiger partial charge in [0, 0.05) is 23.7 Å². The van der Waals surface area contributed by atoms with Crippen molar-refractivity contribution in [2.24, 2.45) is 5.10 Å². The first kappa shape index (κ1) is 22.1. The molecular weight excluding hydrogens is 446 g/mol. The van der Waals surface area contributed by atoms with Crippen LogP contribution in [0, 0.1) is 0 Å². The molecule has 0 aromatic heterocycles. The Morgan fingerprint density at radius 1 is 1.03 bits per heavy atom. The molecule has 6 heteroatoms. The van der Waals surface area contributed by atoms with Gasteiger partial charge < -0.3 is 10.4 Å². The third-order valence-electron chi connectivity index (χ3n) is 6.30. The van der Waals surface area contributed by atoms with Crippen molar-refractivity contribution in [1.29, 1.82) is 0 Å². The standard InChI is InChI=1S/C28H24ClN3O2/c29-25-15-19(12-14-27(25)33)28(34)32-31-17-21-10-9-20(22-6-3-4-7-23(21)22)16-30-26-13-11-18-5-1-2-8-24(18)26/h1-10,12,14-15,17,26,30,33H,11,13,16H2,(H,32,34)/b31-17+. The number of carbonyl (C=O) groups excluding carboxylic acids is 1. The average Bonchev–Trinajstić information content (AvgIpc) is 3.28. The smallest absolute Gasteiger partial charge is 0.271 e. The summed E-state index contributed by atoms with van der Waals surface area (Å²) in [6, 6.07) is 25.7. The van der Waals surface area contributed by atoms with Gasteiger partial charge in [0.1, 0.15) is 5.75 Å². The molecule has 1 unspecified atom stereocenters. The monoisotopic (exact) mass is 469 g/mol. The number of nitrogens with one attached hydrogen (secondary N) is 2. The number of hydrazone groups is 1. The molecule has 0 radical (unpaired) electrons. The lowest BCUT2D eigenvalue weighted by Gasteiger charge is -2.16. The normalized spacial score (nSPS) is 15.0. The van der Waals surface area contributed by atoms with Crippen LogP contribution in [-0.2, 0) is 13.0 Å². The van der Waals surface area contributed by atoms with E-state index in [1.807, 2.05) is 18.2 Å². The van der Waals surface area contributed by atoms with E-state index in [9.17, 15) is 9.90 Å². The first-order valence-corrected chi connectivity index (χ1v) is 11.6. The number of phenols is 1. The van der Waals surface area contributed by atoms with E-state index in [0.717, 1.165) is 35.7 Å². The molecule has 5 rings (SSSR count). The zero-order valence-electron chi connectivity index (χ0n) is 18.5. The second-order valence-corrected chi connectivity index (χ2v) is 8.80. The summed E-state index contributed by atoms with van der Waals surface area (Å²) in [7, 11) is 0. The molecule has 3 N–H and O–H groups in total. The molecule has 0 aliphatic heterocycles. The summed E-state index contributed by atoms with van der Waals surface area (Å²) in [4.78, 5) is 12.3. The zero-order valence-corrected chi connectivity index (χ0v) is 19.2. The molecule has 34 heavy (non-hydrogen) atoms. The molecule has 0 saturated carbocycles. The minimum absolute atomic E-state index is 0.0695. The maximum Gasteiger partial charge on any atom is 0.271 e. The molecule has 0 heterocycles. The second-order valence-electron chi connectivity index (χ2n) is 8.40. The van der Waals surface area contributed by atoms with Gasteiger partial charge in [-0.25, -0.2) is 5.43 Å². The van der Waals surface area contributed by atoms with Crippen molar-refractivity contribution in [1.82, 2.24) is 10.7 Å². The number of carbonyl (C=O) groups is 1. The van der Waals surface area contributed by atoms with E-state index in [-0.39, 0.29) is 10.8 Å². The SMILES string of the molecule is O=C(N/N=C/c1ccc(CNC2CCc3ccccc32)c2ccccc12)c1ccc(O)c(Cl)c1. The van der Waals surface area contributed by atoms with Crippen LogP contribution in [0.3, 0.4) is 0 Å². The number of hydrogen-bond donors (Lipinski definition) is 3. The summed E-state index contributed by atoms with van der Waals surface area (Å²) in [5.74, 6) is -0.472. The fourth-order valence-corrected chi connectivity index (χ4v) is 4.71. The van der Waals surface area contributed by atoms with E-state index in [1.54, 1.807) is 6.21 Å². The topological polar surface area (TPSA) is 73.7 Å². The summed E-state index contributed by atoms with van der Waals surface area (Å²) in [6.07, 6.45) is 3.88. The number of aromatic hydroxyl groups is 1. The number of aryl methyl sites for hydroxylation is 1. The average molecular weight is 470 g/mol. The van der Waals surface area contributed by atoms with Crippen LogP contribution in [0.1, 0.15) is 45.1 Å². The van der Waals surface area contributed by atoms with Gasteiger partial charge in [0.2, 0.25) is 0 Å². The molecular formula is C28H24ClN3O2. The van der Waals surface area contributed by atoms with Crippen molar-refractivity contribution in [2.45, 2.75) is 25.4 Å². The molecule has 0 bridgehead atoms. The molecule has 4 aromatic carbocycles. The highest BCUT2D eigenvalue weighted by molar-refractivity contribution is 6.32. The van der Waals surface area contributed by atoms with Gasteiger partial charge in [-0.15, -0.1) is 0 Å². The van der Waals surface area contributed by atoms with Crippen LogP contribution in [0.25, 0.3) is 10.8 Å². The van der Waals surface area contributed by atoms with Crippen molar-refractivity contribution in [3.05, 3.63) is 112 Å². The van der Waals surface area contributed by atoms with Crippen LogP contribution in [0.15, 0.2) is 84.0 Å². The predicted octanol–water partition coefficient (Wildman–Crippen LogP) is 5.74. The van der Waals surface area contributed by atoms with Crippen LogP contribution in [0.2, 0.25) is 5.02 Å². The first-order chi connectivity index (χ1) is 16.6. The Bertz CT molecular complexity index is 1400. The molecule has 1 amide bonds. The van der Waals surface area contributed by atoms with Gasteiger partial charge in [-0.1, -0.05) is 72.3 Å². The number of benzene rings is 4. The Kier molecular flexibility index (Phi) is 6.30. The Balaban J connectivity index is 1.31. The van der Waals surface area contributed by atoms with E-state index in [1.165, 1.54) is 34.9 Å². The van der Waals surface area contributed by atoms with E-state index in [0.29, 0.717) is 11.6 Å². The predicted molar refractivity (Wildman–Crippen MR) is 136 cm³/mol. The zero-order chi connectivity index (χ0) is 23.5. The second kappa shape index (κ2) is 9.67. The maximum atomic E-state index is 12.3. The van der Waals surface area contributed by atoms with Gasteiger partial charge in [-0.05, 0) is 58.5 Å². The van der Waals surface area contributed by atoms with E-state index in [4.69, 9.17) is 11.6 Å². The number of amides is 1. The summed E-state index contributed by atoms with van der Waals surface area (Å²) < 4.78 is 0. The molecule has 5 nitrogen and oxygen atoms in total. The number of halogens is 1. The number of rotatable bonds is 6. The van der Waals surface area contributed by atoms with Gasteiger partial charge in [0.15, 0.2) is 0 Å². The minimum Gasteiger partial charge on any atom is -0.506 e. The fourth-order valence-electron chi connectivity index (χ4n) is 4.53. The highest BCUT2D eigenvalue weighted by Gasteiger charge is 2.21. The summed E-state index contributed by atoms with van der Waals surface area (Å²) >= 11 is 5.89. The summed E-state index contributed by atoms with van der Waals surface area (Å²) in [5, 5.41) is 19.7. The molecule has 170 valence electrons. The van der Waals surface area contributed by atoms with Crippen molar-refractivity contribution < 1.29 is 9.90 Å². The van der Waals surface area contributed by atoms with Gasteiger partial charge in [-0.3, -0.25) is 4.79 Å². The van der Waals surface area contributed by atoms with Gasteiger partial charge in [0.25, 0.3) is 5.91 Å². The molecule has 0 spiro atoms. The molecule has 0 fully saturated rings. The molecule has 1 aliphatic rings. The van der Waals surface area contributed by atoms with Crippen LogP contribution >= 0.6 is 11.6 Å². The van der Waals surface area contributed by atoms with Crippen molar-refractivity contribution in [3.8, 4) is 5.75 Å². The van der Waals surface area contributed by atoms with Crippen molar-refractivity contribution in [2.75, 3.05) is 0 Å². The van der Waals surface area contributed by atoms with E-state index in [2.05, 4.69) is 58.3 Å². The fraction of sp³-hybridized carbons (Fsp3) is 0.143. The van der Waals surface area contributed by atoms with Crippen molar-refractivity contribution in [3.63, 3.8) is 0 Å². The van der Waals surface area contributed by atoms with E-state index >= 15 is 0 Å². The maximum absolute atomic E-state index is 12.3. The number of nitrogens with zero attached hydrogens (tertiary/aromatic N) is 1. The highest BCUT2D eigenvalue weighted by atomic mass is 35.5. The third kappa shape index (κ3) is 4.53. The number of hydrogen-bond acceptors (Lipinski definition) is 4. The number of fused-ring (bicyclic) bond motifs is 2. The van der Waals surface area contributed by atoms with Gasteiger partial charge in [0.05, 0.1) is 11.2 Å². The number of phenolic OH excluding ortho intramolecular Hbond substituents is 1. The summed E-state index contributed by atoms with van der Waals surface area (Å²) in [5.41, 5.74) is 7.82. The largest absolute Gasteiger partial charge is 0.506 e. The molecule has 1 atom stereocenters. The Hall–Kier alpha value is -3.67. The third-order valence-corrected chi connectivity index (χ3v) is 6.60. The van der Waals surface area contributed by atoms with E-state index < -0.39 is 5.91 Å². The Morgan fingerprint density at radius 3 is 2.68 bits per heavy atom. The first-order valence-electron chi connectivity index (χ1n) is 11.2. The highest BCUT2D eigenvalue weighted by Crippen LogP contribution is 2.31. The van der Waals surface area contributed by atoms with Crippen LogP contribution in [0.4, 0.5) is 0 Å². The quantitative estimate of drug-likeness (QED) is 0.249. The Labute approximate surface area is 203 Å². The van der Waals surface area contributed by atoms with Crippen LogP contribution in [-0.4, -0.2) is 17.2 Å². The lowest BCUT2D eigenvalue weighted by molar-refractivity contribution is 0.0955. The molecule has 0 saturated heterocycles. The Morgan fingerprint density at radius 2 is 1.82 bits per heavy atom. The molecule has 1 aliphatic carbocycles. The minimum atomic E-state index is -0.403. The van der Waals surface area contributed by atoms with Crippen LogP contribution < -0.4 is 10.7 Å². The lowest BCUT2D eigenvalue weighted by atomic mass is 9.99. The van der Waals surface area contributed by atoms with Crippen molar-refractivity contribution >= 4 is 34.5 Å². The van der Waals surface area contributed by atoms with Gasteiger partial charge in [-0.2, -0.15) is 5.10 Å². The lowest BCUT2D eigenvalue weighted by Crippen LogP contribution is -2.19. The molecule has 4 aromatic rings. The summed E-state index contributed by atoms with van der Waals surface area (Å²) in [6.45, 7) is 0.773. The van der Waals surface area contributed by atoms with Gasteiger partial charge >= 0.3 is 0 Å². The van der Waals surface area contributed by atoms with Crippen LogP contribution in [0.5, 0.6) is 5.75 Å².